The number of nitrogens with zero attached hydrogens (tertiary/aromatic N) is 5. The second kappa shape index (κ2) is 9.41. The first-order valence-electron chi connectivity index (χ1n) is 10.3. The summed E-state index contributed by atoms with van der Waals surface area (Å²) < 4.78 is 6.65. The number of fused-ring (bicyclic) bond motifs is 1. The number of amides is 2. The van der Waals surface area contributed by atoms with Gasteiger partial charge < -0.3 is 15.6 Å². The van der Waals surface area contributed by atoms with Crippen molar-refractivity contribution in [3.05, 3.63) is 73.1 Å². The molecule has 172 valence electrons. The Morgan fingerprint density at radius 1 is 1.21 bits per heavy atom. The summed E-state index contributed by atoms with van der Waals surface area (Å²) in [6.45, 7) is 3.67. The Kier molecular flexibility index (Phi) is 6.22. The lowest BCUT2D eigenvalue weighted by atomic mass is 10.1. The molecule has 10 heteroatoms. The van der Waals surface area contributed by atoms with Gasteiger partial charge in [0.05, 0.1) is 19.0 Å². The molecule has 3 N–H and O–H groups in total. The van der Waals surface area contributed by atoms with Crippen molar-refractivity contribution in [3.63, 3.8) is 0 Å². The van der Waals surface area contributed by atoms with Gasteiger partial charge in [-0.3, -0.25) is 14.5 Å². The Morgan fingerprint density at radius 2 is 1.97 bits per heavy atom. The van der Waals surface area contributed by atoms with Crippen molar-refractivity contribution in [2.75, 3.05) is 19.4 Å². The number of hydrogen-bond acceptors (Lipinski definition) is 8. The lowest BCUT2D eigenvalue weighted by molar-refractivity contribution is -0.123. The standard InChI is InChI=1S/C24H22N6O4/c1-3-19(32)29(24(33)15-7-5-4-6-8-15)11-12-30-23-20(22(25)26-14-27-23)21(28-30)16-9-10-18(34-2)17(31)13-16/h3-10,13-14,31H,1,11-12H2,2H3,(H2,25,26,27). The largest absolute Gasteiger partial charge is 0.504 e. The molecule has 2 aromatic heterocycles. The molecule has 0 saturated carbocycles. The highest BCUT2D eigenvalue weighted by atomic mass is 16.5. The number of carbonyl (C=O) groups is 2. The van der Waals surface area contributed by atoms with Crippen LogP contribution in [-0.4, -0.2) is 55.2 Å². The molecule has 0 aliphatic rings. The summed E-state index contributed by atoms with van der Waals surface area (Å²) >= 11 is 0. The monoisotopic (exact) mass is 458 g/mol. The van der Waals surface area contributed by atoms with Crippen LogP contribution in [0.1, 0.15) is 10.4 Å². The molecule has 4 rings (SSSR count). The second-order valence-corrected chi connectivity index (χ2v) is 7.28. The molecule has 2 amide bonds. The number of nitrogens with two attached hydrogens (primary N) is 1. The number of aromatic hydroxyl groups is 1. The normalized spacial score (nSPS) is 10.7. The van der Waals surface area contributed by atoms with Crippen molar-refractivity contribution < 1.29 is 19.4 Å². The van der Waals surface area contributed by atoms with E-state index in [4.69, 9.17) is 10.5 Å². The van der Waals surface area contributed by atoms with Gasteiger partial charge in [0.2, 0.25) is 0 Å². The van der Waals surface area contributed by atoms with Crippen LogP contribution in [0.15, 0.2) is 67.5 Å². The Morgan fingerprint density at radius 3 is 2.65 bits per heavy atom. The summed E-state index contributed by atoms with van der Waals surface area (Å²) in [5, 5.41) is 15.3. The second-order valence-electron chi connectivity index (χ2n) is 7.28. The fraction of sp³-hybridized carbons (Fsp3) is 0.125. The van der Waals surface area contributed by atoms with E-state index in [1.165, 1.54) is 19.5 Å². The molecule has 0 fully saturated rings. The van der Waals surface area contributed by atoms with Gasteiger partial charge in [0.1, 0.15) is 17.8 Å². The zero-order valence-corrected chi connectivity index (χ0v) is 18.4. The van der Waals surface area contributed by atoms with Crippen molar-refractivity contribution in [2.24, 2.45) is 0 Å². The topological polar surface area (TPSA) is 136 Å². The highest BCUT2D eigenvalue weighted by Gasteiger charge is 2.23. The SMILES string of the molecule is C=CC(=O)N(CCn1nc(-c2ccc(OC)c(O)c2)c2c(N)ncnc21)C(=O)c1ccccc1. The van der Waals surface area contributed by atoms with Gasteiger partial charge >= 0.3 is 0 Å². The molecule has 0 radical (unpaired) electrons. The molecule has 34 heavy (non-hydrogen) atoms. The molecule has 0 atom stereocenters. The number of phenolic OH excluding ortho intramolecular Hbond substituents is 1. The molecule has 2 heterocycles. The number of ether oxygens (including phenoxy) is 1. The highest BCUT2D eigenvalue weighted by Crippen LogP contribution is 2.35. The molecule has 0 saturated heterocycles. The van der Waals surface area contributed by atoms with Gasteiger partial charge in [-0.05, 0) is 36.4 Å². The first-order chi connectivity index (χ1) is 16.4. The Labute approximate surface area is 194 Å². The van der Waals surface area contributed by atoms with E-state index in [-0.39, 0.29) is 24.7 Å². The molecular formula is C24H22N6O4. The van der Waals surface area contributed by atoms with Gasteiger partial charge in [0.25, 0.3) is 11.8 Å². The zero-order chi connectivity index (χ0) is 24.2. The van der Waals surface area contributed by atoms with E-state index in [0.29, 0.717) is 33.6 Å². The lowest BCUT2D eigenvalue weighted by Gasteiger charge is -2.19. The summed E-state index contributed by atoms with van der Waals surface area (Å²) in [7, 11) is 1.46. The fourth-order valence-corrected chi connectivity index (χ4v) is 3.58. The molecule has 0 aliphatic carbocycles. The van der Waals surface area contributed by atoms with Crippen molar-refractivity contribution in [1.82, 2.24) is 24.6 Å². The number of hydrogen-bond donors (Lipinski definition) is 2. The van der Waals surface area contributed by atoms with Crippen LogP contribution in [0.4, 0.5) is 5.82 Å². The van der Waals surface area contributed by atoms with Crippen LogP contribution in [0.5, 0.6) is 11.5 Å². The van der Waals surface area contributed by atoms with Crippen molar-refractivity contribution in [3.8, 4) is 22.8 Å². The number of nitrogen functional groups attached to an aromatic ring is 1. The molecule has 0 bridgehead atoms. The number of imide groups is 1. The first-order valence-corrected chi connectivity index (χ1v) is 10.3. The zero-order valence-electron chi connectivity index (χ0n) is 18.4. The number of anilines is 1. The minimum Gasteiger partial charge on any atom is -0.504 e. The molecule has 0 aliphatic heterocycles. The van der Waals surface area contributed by atoms with Gasteiger partial charge in [-0.25, -0.2) is 14.6 Å². The predicted octanol–water partition coefficient (Wildman–Crippen LogP) is 2.64. The Bertz CT molecular complexity index is 1380. The Hall–Kier alpha value is -4.73. The summed E-state index contributed by atoms with van der Waals surface area (Å²) in [5.74, 6) is -0.513. The number of aromatic nitrogens is 4. The molecule has 4 aromatic rings. The Balaban J connectivity index is 1.71. The summed E-state index contributed by atoms with van der Waals surface area (Å²) in [4.78, 5) is 34.9. The van der Waals surface area contributed by atoms with Crippen LogP contribution in [0.2, 0.25) is 0 Å². The van der Waals surface area contributed by atoms with E-state index in [0.717, 1.165) is 11.0 Å². The van der Waals surface area contributed by atoms with Crippen LogP contribution < -0.4 is 10.5 Å². The third kappa shape index (κ3) is 4.16. The maximum atomic E-state index is 13.0. The van der Waals surface area contributed by atoms with Crippen LogP contribution in [0.3, 0.4) is 0 Å². The van der Waals surface area contributed by atoms with E-state index in [1.54, 1.807) is 47.1 Å². The van der Waals surface area contributed by atoms with Gasteiger partial charge in [-0.15, -0.1) is 0 Å². The fourth-order valence-electron chi connectivity index (χ4n) is 3.58. The highest BCUT2D eigenvalue weighted by molar-refractivity contribution is 6.07. The summed E-state index contributed by atoms with van der Waals surface area (Å²) in [6, 6.07) is 13.3. The molecule has 10 nitrogen and oxygen atoms in total. The van der Waals surface area contributed by atoms with Gasteiger partial charge in [-0.2, -0.15) is 5.10 Å². The van der Waals surface area contributed by atoms with Gasteiger partial charge in [-0.1, -0.05) is 24.8 Å². The molecule has 0 spiro atoms. The van der Waals surface area contributed by atoms with Gasteiger partial charge in [0, 0.05) is 17.7 Å². The van der Waals surface area contributed by atoms with E-state index in [9.17, 15) is 14.7 Å². The van der Waals surface area contributed by atoms with Crippen LogP contribution in [0.25, 0.3) is 22.3 Å². The molecule has 2 aromatic carbocycles. The minimum absolute atomic E-state index is 0.0204. The van der Waals surface area contributed by atoms with E-state index < -0.39 is 11.8 Å². The number of rotatable bonds is 7. The maximum absolute atomic E-state index is 13.0. The number of methoxy groups -OCH3 is 1. The van der Waals surface area contributed by atoms with Crippen LogP contribution in [0, 0.1) is 0 Å². The van der Waals surface area contributed by atoms with Crippen LogP contribution >= 0.6 is 0 Å². The summed E-state index contributed by atoms with van der Waals surface area (Å²) in [6.07, 6.45) is 2.40. The molecular weight excluding hydrogens is 436 g/mol. The van der Waals surface area contributed by atoms with Crippen molar-refractivity contribution in [2.45, 2.75) is 6.54 Å². The van der Waals surface area contributed by atoms with Crippen molar-refractivity contribution >= 4 is 28.7 Å². The first kappa shape index (κ1) is 22.5. The third-order valence-electron chi connectivity index (χ3n) is 5.25. The van der Waals surface area contributed by atoms with Gasteiger partial charge in [0.15, 0.2) is 17.1 Å². The number of carbonyl (C=O) groups excluding carboxylic acids is 2. The average molecular weight is 458 g/mol. The van der Waals surface area contributed by atoms with Crippen LogP contribution in [-0.2, 0) is 11.3 Å². The molecule has 0 unspecified atom stereocenters. The maximum Gasteiger partial charge on any atom is 0.260 e. The van der Waals surface area contributed by atoms with E-state index >= 15 is 0 Å². The minimum atomic E-state index is -0.528. The number of benzene rings is 2. The number of phenols is 1. The lowest BCUT2D eigenvalue weighted by Crippen LogP contribution is -2.38. The third-order valence-corrected chi connectivity index (χ3v) is 5.25. The quantitative estimate of drug-likeness (QED) is 0.403. The average Bonchev–Trinajstić information content (AvgIpc) is 3.24. The van der Waals surface area contributed by atoms with Crippen molar-refractivity contribution in [1.29, 1.82) is 0 Å². The summed E-state index contributed by atoms with van der Waals surface area (Å²) in [5.41, 5.74) is 7.95. The van der Waals surface area contributed by atoms with E-state index in [1.807, 2.05) is 0 Å². The smallest absolute Gasteiger partial charge is 0.260 e. The van der Waals surface area contributed by atoms with E-state index in [2.05, 4.69) is 21.6 Å². The predicted molar refractivity (Wildman–Crippen MR) is 126 cm³/mol.